The van der Waals surface area contributed by atoms with E-state index in [0.717, 1.165) is 36.9 Å². The van der Waals surface area contributed by atoms with E-state index in [-0.39, 0.29) is 0 Å². The Hall–Kier alpha value is -1.06. The average Bonchev–Trinajstić information content (AvgIpc) is 2.98. The Bertz CT molecular complexity index is 375. The quantitative estimate of drug-likeness (QED) is 0.768. The largest absolute Gasteiger partial charge is 0.493 e. The van der Waals surface area contributed by atoms with E-state index in [0.29, 0.717) is 6.54 Å². The molecule has 0 amide bonds. The highest BCUT2D eigenvalue weighted by Crippen LogP contribution is 2.22. The molecule has 106 valence electrons. The first-order chi connectivity index (χ1) is 9.31. The molecule has 3 nitrogen and oxygen atoms in total. The molecule has 3 heteroatoms. The van der Waals surface area contributed by atoms with Gasteiger partial charge in [0.05, 0.1) is 6.61 Å². The van der Waals surface area contributed by atoms with Crippen LogP contribution >= 0.6 is 0 Å². The van der Waals surface area contributed by atoms with Crippen molar-refractivity contribution in [3.63, 3.8) is 0 Å². The Morgan fingerprint density at radius 2 is 2.00 bits per heavy atom. The predicted octanol–water partition coefficient (Wildman–Crippen LogP) is 2.79. The van der Waals surface area contributed by atoms with Gasteiger partial charge in [-0.15, -0.1) is 0 Å². The van der Waals surface area contributed by atoms with Crippen LogP contribution in [0.25, 0.3) is 0 Å². The first-order valence-electron chi connectivity index (χ1n) is 7.42. The van der Waals surface area contributed by atoms with Crippen molar-refractivity contribution in [3.05, 3.63) is 29.8 Å². The maximum Gasteiger partial charge on any atom is 0.123 e. The molecular weight excluding hydrogens is 236 g/mol. The molecule has 19 heavy (non-hydrogen) atoms. The Labute approximate surface area is 116 Å². The lowest BCUT2D eigenvalue weighted by Crippen LogP contribution is -2.30. The van der Waals surface area contributed by atoms with Gasteiger partial charge in [-0.1, -0.05) is 31.0 Å². The molecule has 1 aliphatic rings. The van der Waals surface area contributed by atoms with Crippen molar-refractivity contribution < 1.29 is 4.74 Å². The van der Waals surface area contributed by atoms with Crippen LogP contribution in [-0.4, -0.2) is 31.1 Å². The summed E-state index contributed by atoms with van der Waals surface area (Å²) in [6.07, 6.45) is 6.61. The van der Waals surface area contributed by atoms with Gasteiger partial charge >= 0.3 is 0 Å². The number of hydrogen-bond donors (Lipinski definition) is 1. The van der Waals surface area contributed by atoms with Crippen molar-refractivity contribution >= 4 is 0 Å². The van der Waals surface area contributed by atoms with Crippen LogP contribution < -0.4 is 10.5 Å². The highest BCUT2D eigenvalue weighted by molar-refractivity contribution is 5.32. The van der Waals surface area contributed by atoms with Crippen LogP contribution in [0.4, 0.5) is 0 Å². The summed E-state index contributed by atoms with van der Waals surface area (Å²) < 4.78 is 5.83. The van der Waals surface area contributed by atoms with Crippen LogP contribution in [0.15, 0.2) is 24.3 Å². The van der Waals surface area contributed by atoms with E-state index in [1.54, 1.807) is 0 Å². The molecule has 2 N–H and O–H groups in total. The van der Waals surface area contributed by atoms with Crippen LogP contribution in [0.1, 0.15) is 37.7 Å². The molecule has 1 aromatic carbocycles. The summed E-state index contributed by atoms with van der Waals surface area (Å²) in [5.74, 6) is 0.938. The van der Waals surface area contributed by atoms with Crippen molar-refractivity contribution in [1.29, 1.82) is 0 Å². The van der Waals surface area contributed by atoms with E-state index in [1.807, 2.05) is 24.3 Å². The molecule has 0 aromatic heterocycles. The standard InChI is InChI=1S/C16H26N2O/c1-18(15-8-3-4-9-15)11-6-12-19-16-10-5-2-7-14(16)13-17/h2,5,7,10,15H,3-4,6,8-9,11-13,17H2,1H3. The molecule has 0 saturated heterocycles. The lowest BCUT2D eigenvalue weighted by molar-refractivity contribution is 0.215. The number of ether oxygens (including phenoxy) is 1. The monoisotopic (exact) mass is 262 g/mol. The van der Waals surface area contributed by atoms with E-state index in [9.17, 15) is 0 Å². The van der Waals surface area contributed by atoms with Gasteiger partial charge in [0.2, 0.25) is 0 Å². The van der Waals surface area contributed by atoms with Crippen molar-refractivity contribution in [3.8, 4) is 5.75 Å². The second kappa shape index (κ2) is 7.51. The molecule has 1 saturated carbocycles. The van der Waals surface area contributed by atoms with Gasteiger partial charge in [-0.25, -0.2) is 0 Å². The summed E-state index contributed by atoms with van der Waals surface area (Å²) in [6.45, 7) is 2.43. The number of nitrogens with zero attached hydrogens (tertiary/aromatic N) is 1. The van der Waals surface area contributed by atoms with Crippen LogP contribution in [0, 0.1) is 0 Å². The smallest absolute Gasteiger partial charge is 0.123 e. The minimum absolute atomic E-state index is 0.540. The summed E-state index contributed by atoms with van der Waals surface area (Å²) >= 11 is 0. The SMILES string of the molecule is CN(CCCOc1ccccc1CN)C1CCCC1. The summed E-state index contributed by atoms with van der Waals surface area (Å²) in [7, 11) is 2.24. The zero-order valence-corrected chi connectivity index (χ0v) is 12.0. The highest BCUT2D eigenvalue weighted by Gasteiger charge is 2.18. The summed E-state index contributed by atoms with van der Waals surface area (Å²) in [4.78, 5) is 2.49. The van der Waals surface area contributed by atoms with Crippen molar-refractivity contribution in [2.24, 2.45) is 5.73 Å². The van der Waals surface area contributed by atoms with Crippen molar-refractivity contribution in [2.75, 3.05) is 20.2 Å². The minimum Gasteiger partial charge on any atom is -0.493 e. The number of hydrogen-bond acceptors (Lipinski definition) is 3. The van der Waals surface area contributed by atoms with Crippen molar-refractivity contribution in [1.82, 2.24) is 4.90 Å². The number of benzene rings is 1. The van der Waals surface area contributed by atoms with Gasteiger partial charge in [0.15, 0.2) is 0 Å². The van der Waals surface area contributed by atoms with E-state index < -0.39 is 0 Å². The maximum atomic E-state index is 5.83. The molecule has 0 aliphatic heterocycles. The van der Waals surface area contributed by atoms with Gasteiger partial charge in [-0.2, -0.15) is 0 Å². The zero-order valence-electron chi connectivity index (χ0n) is 12.0. The summed E-state index contributed by atoms with van der Waals surface area (Å²) in [6, 6.07) is 8.83. The summed E-state index contributed by atoms with van der Waals surface area (Å²) in [5, 5.41) is 0. The van der Waals surface area contributed by atoms with Crippen LogP contribution in [0.3, 0.4) is 0 Å². The topological polar surface area (TPSA) is 38.5 Å². The highest BCUT2D eigenvalue weighted by atomic mass is 16.5. The third kappa shape index (κ3) is 4.22. The first-order valence-corrected chi connectivity index (χ1v) is 7.42. The lowest BCUT2D eigenvalue weighted by atomic mass is 10.2. The van der Waals surface area contributed by atoms with Crippen LogP contribution in [0.5, 0.6) is 5.75 Å². The molecule has 0 bridgehead atoms. The van der Waals surface area contributed by atoms with E-state index in [1.165, 1.54) is 25.7 Å². The maximum absolute atomic E-state index is 5.83. The molecule has 0 atom stereocenters. The lowest BCUT2D eigenvalue weighted by Gasteiger charge is -2.23. The number of para-hydroxylation sites is 1. The Morgan fingerprint density at radius 1 is 1.26 bits per heavy atom. The van der Waals surface area contributed by atoms with Crippen molar-refractivity contribution in [2.45, 2.75) is 44.7 Å². The molecule has 1 fully saturated rings. The third-order valence-corrected chi connectivity index (χ3v) is 4.05. The fourth-order valence-electron chi connectivity index (χ4n) is 2.84. The zero-order chi connectivity index (χ0) is 13.5. The van der Waals surface area contributed by atoms with Crippen LogP contribution in [-0.2, 0) is 6.54 Å². The fraction of sp³-hybridized carbons (Fsp3) is 0.625. The van der Waals surface area contributed by atoms with Gasteiger partial charge in [-0.3, -0.25) is 0 Å². The average molecular weight is 262 g/mol. The Morgan fingerprint density at radius 3 is 2.74 bits per heavy atom. The molecular formula is C16H26N2O. The molecule has 1 aromatic rings. The van der Waals surface area contributed by atoms with Gasteiger partial charge in [-0.05, 0) is 32.4 Å². The second-order valence-electron chi connectivity index (χ2n) is 5.43. The van der Waals surface area contributed by atoms with E-state index in [2.05, 4.69) is 11.9 Å². The van der Waals surface area contributed by atoms with Crippen LogP contribution in [0.2, 0.25) is 0 Å². The van der Waals surface area contributed by atoms with Gasteiger partial charge in [0.1, 0.15) is 5.75 Å². The molecule has 0 spiro atoms. The first kappa shape index (κ1) is 14.4. The third-order valence-electron chi connectivity index (χ3n) is 4.05. The number of nitrogens with two attached hydrogens (primary N) is 1. The fourth-order valence-corrected chi connectivity index (χ4v) is 2.84. The Kier molecular flexibility index (Phi) is 5.67. The molecule has 0 radical (unpaired) electrons. The van der Waals surface area contributed by atoms with E-state index in [4.69, 9.17) is 10.5 Å². The van der Waals surface area contributed by atoms with Gasteiger partial charge in [0, 0.05) is 24.7 Å². The predicted molar refractivity (Wildman–Crippen MR) is 79.3 cm³/mol. The second-order valence-corrected chi connectivity index (χ2v) is 5.43. The Balaban J connectivity index is 1.68. The summed E-state index contributed by atoms with van der Waals surface area (Å²) in [5.41, 5.74) is 6.79. The normalized spacial score (nSPS) is 16.2. The van der Waals surface area contributed by atoms with Gasteiger partial charge < -0.3 is 15.4 Å². The van der Waals surface area contributed by atoms with Gasteiger partial charge in [0.25, 0.3) is 0 Å². The molecule has 2 rings (SSSR count). The molecule has 1 aliphatic carbocycles. The molecule has 0 heterocycles. The minimum atomic E-state index is 0.540. The van der Waals surface area contributed by atoms with E-state index >= 15 is 0 Å². The number of rotatable bonds is 7. The molecule has 0 unspecified atom stereocenters.